The molecule has 0 aliphatic rings. The Balaban J connectivity index is 1.66. The van der Waals surface area contributed by atoms with Gasteiger partial charge in [0.15, 0.2) is 5.11 Å². The standard InChI is InChI=1S/C20H22N2O4S/c1-14-7-8-17(23)16(13-14)21-20(27)22-18(24)9-10-19(25)26-12-11-15-5-3-2-4-6-15/h2-8,13,23H,9-12H2,1H3,(H2,21,22,24,27). The number of thiocarbonyl (C=S) groups is 1. The van der Waals surface area contributed by atoms with Gasteiger partial charge in [0, 0.05) is 12.8 Å². The Morgan fingerprint density at radius 1 is 1.11 bits per heavy atom. The molecule has 0 bridgehead atoms. The first kappa shape index (κ1) is 20.4. The van der Waals surface area contributed by atoms with Crippen LogP contribution in [-0.4, -0.2) is 28.7 Å². The quantitative estimate of drug-likeness (QED) is 0.385. The second-order valence-electron chi connectivity index (χ2n) is 5.98. The van der Waals surface area contributed by atoms with Crippen molar-refractivity contribution in [3.05, 3.63) is 59.7 Å². The number of carbonyl (C=O) groups is 2. The fraction of sp³-hybridized carbons (Fsp3) is 0.250. The van der Waals surface area contributed by atoms with E-state index < -0.39 is 11.9 Å². The lowest BCUT2D eigenvalue weighted by molar-refractivity contribution is -0.144. The van der Waals surface area contributed by atoms with Crippen LogP contribution >= 0.6 is 12.2 Å². The minimum absolute atomic E-state index is 0.0270. The Morgan fingerprint density at radius 3 is 2.59 bits per heavy atom. The molecule has 0 heterocycles. The summed E-state index contributed by atoms with van der Waals surface area (Å²) in [5, 5.41) is 15.0. The summed E-state index contributed by atoms with van der Waals surface area (Å²) in [6, 6.07) is 14.7. The number of rotatable bonds is 7. The normalized spacial score (nSPS) is 10.1. The average molecular weight is 386 g/mol. The van der Waals surface area contributed by atoms with E-state index >= 15 is 0 Å². The van der Waals surface area contributed by atoms with Crippen LogP contribution in [0.25, 0.3) is 0 Å². The van der Waals surface area contributed by atoms with Crippen LogP contribution in [0.4, 0.5) is 5.69 Å². The molecule has 0 spiro atoms. The molecular formula is C20H22N2O4S. The lowest BCUT2D eigenvalue weighted by atomic mass is 10.2. The van der Waals surface area contributed by atoms with E-state index in [0.717, 1.165) is 11.1 Å². The third-order valence-corrected chi connectivity index (χ3v) is 3.91. The van der Waals surface area contributed by atoms with Crippen molar-refractivity contribution in [2.24, 2.45) is 0 Å². The lowest BCUT2D eigenvalue weighted by Gasteiger charge is -2.11. The van der Waals surface area contributed by atoms with Crippen LogP contribution in [0, 0.1) is 6.92 Å². The Bertz CT molecular complexity index is 809. The predicted octanol–water partition coefficient (Wildman–Crippen LogP) is 3.08. The van der Waals surface area contributed by atoms with Crippen LogP contribution in [0.5, 0.6) is 5.75 Å². The van der Waals surface area contributed by atoms with Gasteiger partial charge in [-0.15, -0.1) is 0 Å². The van der Waals surface area contributed by atoms with E-state index in [4.69, 9.17) is 17.0 Å². The average Bonchev–Trinajstić information content (AvgIpc) is 2.64. The molecule has 0 fully saturated rings. The smallest absolute Gasteiger partial charge is 0.306 e. The molecule has 1 amide bonds. The molecule has 142 valence electrons. The second-order valence-corrected chi connectivity index (χ2v) is 6.39. The molecule has 6 nitrogen and oxygen atoms in total. The first-order valence-corrected chi connectivity index (χ1v) is 8.95. The summed E-state index contributed by atoms with van der Waals surface area (Å²) in [5.41, 5.74) is 2.42. The summed E-state index contributed by atoms with van der Waals surface area (Å²) in [6.45, 7) is 2.15. The number of carbonyl (C=O) groups excluding carboxylic acids is 2. The van der Waals surface area contributed by atoms with Crippen molar-refractivity contribution < 1.29 is 19.4 Å². The molecule has 0 atom stereocenters. The van der Waals surface area contributed by atoms with E-state index in [-0.39, 0.29) is 30.3 Å². The topological polar surface area (TPSA) is 87.7 Å². The van der Waals surface area contributed by atoms with Gasteiger partial charge in [-0.3, -0.25) is 9.59 Å². The number of amides is 1. The zero-order chi connectivity index (χ0) is 19.6. The Labute approximate surface area is 163 Å². The van der Waals surface area contributed by atoms with Gasteiger partial charge in [-0.25, -0.2) is 0 Å². The molecule has 0 aliphatic heterocycles. The number of hydrogen-bond donors (Lipinski definition) is 3. The van der Waals surface area contributed by atoms with Crippen LogP contribution in [0.1, 0.15) is 24.0 Å². The maximum Gasteiger partial charge on any atom is 0.306 e. The highest BCUT2D eigenvalue weighted by atomic mass is 32.1. The van der Waals surface area contributed by atoms with Gasteiger partial charge in [-0.2, -0.15) is 0 Å². The number of phenolic OH excluding ortho intramolecular Hbond substituents is 1. The van der Waals surface area contributed by atoms with Crippen LogP contribution < -0.4 is 10.6 Å². The largest absolute Gasteiger partial charge is 0.506 e. The number of hydrogen-bond acceptors (Lipinski definition) is 5. The molecule has 0 unspecified atom stereocenters. The highest BCUT2D eigenvalue weighted by Crippen LogP contribution is 2.23. The first-order valence-electron chi connectivity index (χ1n) is 8.54. The predicted molar refractivity (Wildman–Crippen MR) is 108 cm³/mol. The van der Waals surface area contributed by atoms with Gasteiger partial charge in [0.2, 0.25) is 5.91 Å². The van der Waals surface area contributed by atoms with Crippen molar-refractivity contribution in [3.8, 4) is 5.75 Å². The van der Waals surface area contributed by atoms with E-state index in [1.165, 1.54) is 6.07 Å². The third-order valence-electron chi connectivity index (χ3n) is 3.71. The molecule has 0 saturated carbocycles. The highest BCUT2D eigenvalue weighted by molar-refractivity contribution is 7.80. The summed E-state index contributed by atoms with van der Waals surface area (Å²) >= 11 is 5.05. The molecular weight excluding hydrogens is 364 g/mol. The van der Waals surface area contributed by atoms with E-state index in [1.54, 1.807) is 12.1 Å². The highest BCUT2D eigenvalue weighted by Gasteiger charge is 2.11. The van der Waals surface area contributed by atoms with Crippen molar-refractivity contribution in [1.82, 2.24) is 5.32 Å². The number of anilines is 1. The molecule has 2 rings (SSSR count). The third kappa shape index (κ3) is 7.45. The summed E-state index contributed by atoms with van der Waals surface area (Å²) in [6.07, 6.45) is 0.567. The molecule has 27 heavy (non-hydrogen) atoms. The molecule has 2 aromatic carbocycles. The monoisotopic (exact) mass is 386 g/mol. The van der Waals surface area contributed by atoms with E-state index in [9.17, 15) is 14.7 Å². The van der Waals surface area contributed by atoms with Crippen LogP contribution in [0.15, 0.2) is 48.5 Å². The van der Waals surface area contributed by atoms with Gasteiger partial charge in [0.25, 0.3) is 0 Å². The minimum atomic E-state index is -0.434. The van der Waals surface area contributed by atoms with E-state index in [0.29, 0.717) is 12.1 Å². The molecule has 7 heteroatoms. The van der Waals surface area contributed by atoms with Gasteiger partial charge < -0.3 is 20.5 Å². The minimum Gasteiger partial charge on any atom is -0.506 e. The van der Waals surface area contributed by atoms with Crippen molar-refractivity contribution >= 4 is 34.9 Å². The molecule has 3 N–H and O–H groups in total. The van der Waals surface area contributed by atoms with Gasteiger partial charge in [-0.1, -0.05) is 36.4 Å². The van der Waals surface area contributed by atoms with E-state index in [2.05, 4.69) is 10.6 Å². The Kier molecular flexibility index (Phi) is 7.76. The lowest BCUT2D eigenvalue weighted by Crippen LogP contribution is -2.34. The molecule has 2 aromatic rings. The molecule has 0 aromatic heterocycles. The fourth-order valence-electron chi connectivity index (χ4n) is 2.31. The van der Waals surface area contributed by atoms with Crippen LogP contribution in [0.3, 0.4) is 0 Å². The zero-order valence-electron chi connectivity index (χ0n) is 15.0. The SMILES string of the molecule is Cc1ccc(O)c(NC(=S)NC(=O)CCC(=O)OCCc2ccccc2)c1. The van der Waals surface area contributed by atoms with Gasteiger partial charge in [-0.05, 0) is 42.4 Å². The maximum absolute atomic E-state index is 11.9. The van der Waals surface area contributed by atoms with Crippen molar-refractivity contribution in [2.45, 2.75) is 26.2 Å². The number of aromatic hydroxyl groups is 1. The van der Waals surface area contributed by atoms with Crippen LogP contribution in [0.2, 0.25) is 0 Å². The van der Waals surface area contributed by atoms with Crippen molar-refractivity contribution in [3.63, 3.8) is 0 Å². The number of nitrogens with one attached hydrogen (secondary N) is 2. The number of ether oxygens (including phenoxy) is 1. The second kappa shape index (κ2) is 10.3. The molecule has 0 aliphatic carbocycles. The zero-order valence-corrected chi connectivity index (χ0v) is 15.8. The summed E-state index contributed by atoms with van der Waals surface area (Å²) < 4.78 is 5.13. The Morgan fingerprint density at radius 2 is 1.85 bits per heavy atom. The van der Waals surface area contributed by atoms with Crippen molar-refractivity contribution in [2.75, 3.05) is 11.9 Å². The first-order chi connectivity index (χ1) is 12.9. The van der Waals surface area contributed by atoms with Gasteiger partial charge >= 0.3 is 5.97 Å². The summed E-state index contributed by atoms with van der Waals surface area (Å²) in [7, 11) is 0. The maximum atomic E-state index is 11.9. The number of benzene rings is 2. The number of esters is 1. The number of aryl methyl sites for hydroxylation is 1. The van der Waals surface area contributed by atoms with Crippen molar-refractivity contribution in [1.29, 1.82) is 0 Å². The van der Waals surface area contributed by atoms with Gasteiger partial charge in [0.05, 0.1) is 18.7 Å². The van der Waals surface area contributed by atoms with E-state index in [1.807, 2.05) is 37.3 Å². The molecule has 0 radical (unpaired) electrons. The summed E-state index contributed by atoms with van der Waals surface area (Å²) in [5.74, 6) is -0.810. The van der Waals surface area contributed by atoms with Gasteiger partial charge in [0.1, 0.15) is 5.75 Å². The number of phenols is 1. The molecule has 0 saturated heterocycles. The fourth-order valence-corrected chi connectivity index (χ4v) is 2.53. The summed E-state index contributed by atoms with van der Waals surface area (Å²) in [4.78, 5) is 23.6. The Hall–Kier alpha value is -2.93. The van der Waals surface area contributed by atoms with Crippen LogP contribution in [-0.2, 0) is 20.7 Å².